The van der Waals surface area contributed by atoms with Crippen molar-refractivity contribution in [2.24, 2.45) is 17.8 Å². The standard InChI is InChI=1S/C21H24N2O2/c1-13-18(22-20(25-13)17-5-3-2-4-6-17)19(24)23-21-10-14-7-15(11-21)9-16(8-14)12-21/h2-6,14-16H,7-12H2,1H3,(H,23,24). The second-order valence-corrected chi connectivity index (χ2v) is 8.44. The van der Waals surface area contributed by atoms with Gasteiger partial charge in [-0.15, -0.1) is 0 Å². The molecule has 0 spiro atoms. The number of nitrogens with zero attached hydrogens (tertiary/aromatic N) is 1. The van der Waals surface area contributed by atoms with Gasteiger partial charge in [0, 0.05) is 11.1 Å². The first-order valence-corrected chi connectivity index (χ1v) is 9.46. The van der Waals surface area contributed by atoms with Gasteiger partial charge in [0.05, 0.1) is 0 Å². The molecule has 1 heterocycles. The minimum absolute atomic E-state index is 0.00410. The van der Waals surface area contributed by atoms with E-state index in [2.05, 4.69) is 10.3 Å². The number of carbonyl (C=O) groups is 1. The molecule has 1 N–H and O–H groups in total. The summed E-state index contributed by atoms with van der Waals surface area (Å²) in [4.78, 5) is 17.5. The number of oxazole rings is 1. The zero-order valence-electron chi connectivity index (χ0n) is 14.6. The fourth-order valence-corrected chi connectivity index (χ4v) is 5.88. The molecule has 0 atom stereocenters. The number of aromatic nitrogens is 1. The van der Waals surface area contributed by atoms with E-state index in [4.69, 9.17) is 4.42 Å². The number of rotatable bonds is 3. The van der Waals surface area contributed by atoms with Crippen molar-refractivity contribution in [2.45, 2.75) is 51.0 Å². The lowest BCUT2D eigenvalue weighted by molar-refractivity contribution is -0.0168. The molecule has 2 aromatic rings. The third-order valence-electron chi connectivity index (χ3n) is 6.45. The van der Waals surface area contributed by atoms with Gasteiger partial charge in [-0.1, -0.05) is 18.2 Å². The van der Waals surface area contributed by atoms with E-state index in [0.29, 0.717) is 17.3 Å². The SMILES string of the molecule is Cc1oc(-c2ccccc2)nc1C(=O)NC12CC3CC(CC(C3)C1)C2. The third-order valence-corrected chi connectivity index (χ3v) is 6.45. The maximum atomic E-state index is 13.0. The third kappa shape index (κ3) is 2.59. The molecule has 0 aliphatic heterocycles. The highest BCUT2D eigenvalue weighted by atomic mass is 16.4. The van der Waals surface area contributed by atoms with Crippen molar-refractivity contribution in [1.82, 2.24) is 10.3 Å². The summed E-state index contributed by atoms with van der Waals surface area (Å²) in [6.45, 7) is 1.83. The molecule has 1 aromatic carbocycles. The lowest BCUT2D eigenvalue weighted by Gasteiger charge is -2.56. The van der Waals surface area contributed by atoms with E-state index in [0.717, 1.165) is 42.6 Å². The van der Waals surface area contributed by atoms with Gasteiger partial charge in [-0.05, 0) is 75.3 Å². The van der Waals surface area contributed by atoms with Crippen molar-refractivity contribution in [3.8, 4) is 11.5 Å². The number of benzene rings is 1. The number of carbonyl (C=O) groups excluding carboxylic acids is 1. The van der Waals surface area contributed by atoms with Crippen molar-refractivity contribution in [2.75, 3.05) is 0 Å². The van der Waals surface area contributed by atoms with Crippen molar-refractivity contribution in [1.29, 1.82) is 0 Å². The van der Waals surface area contributed by atoms with Crippen LogP contribution < -0.4 is 5.32 Å². The summed E-state index contributed by atoms with van der Waals surface area (Å²) in [5.41, 5.74) is 1.35. The first kappa shape index (κ1) is 15.2. The second-order valence-electron chi connectivity index (χ2n) is 8.44. The van der Waals surface area contributed by atoms with Gasteiger partial charge in [0.25, 0.3) is 5.91 Å². The number of hydrogen-bond acceptors (Lipinski definition) is 3. The van der Waals surface area contributed by atoms with Gasteiger partial charge in [-0.25, -0.2) is 4.98 Å². The van der Waals surface area contributed by atoms with E-state index in [9.17, 15) is 4.79 Å². The number of hydrogen-bond donors (Lipinski definition) is 1. The van der Waals surface area contributed by atoms with Crippen LogP contribution in [-0.4, -0.2) is 16.4 Å². The summed E-state index contributed by atoms with van der Waals surface area (Å²) >= 11 is 0. The molecule has 0 radical (unpaired) electrons. The normalized spacial score (nSPS) is 32.8. The maximum absolute atomic E-state index is 13.0. The van der Waals surface area contributed by atoms with Crippen LogP contribution in [-0.2, 0) is 0 Å². The molecule has 4 bridgehead atoms. The van der Waals surface area contributed by atoms with E-state index in [-0.39, 0.29) is 11.4 Å². The highest BCUT2D eigenvalue weighted by molar-refractivity contribution is 5.94. The van der Waals surface area contributed by atoms with Gasteiger partial charge in [0.1, 0.15) is 5.76 Å². The van der Waals surface area contributed by atoms with E-state index in [1.165, 1.54) is 19.3 Å². The molecule has 0 saturated heterocycles. The van der Waals surface area contributed by atoms with Crippen LogP contribution >= 0.6 is 0 Å². The Morgan fingerprint density at radius 3 is 2.28 bits per heavy atom. The first-order chi connectivity index (χ1) is 12.1. The fourth-order valence-electron chi connectivity index (χ4n) is 5.88. The molecule has 6 rings (SSSR count). The molecular weight excluding hydrogens is 312 g/mol. The lowest BCUT2D eigenvalue weighted by Crippen LogP contribution is -2.59. The fraction of sp³-hybridized carbons (Fsp3) is 0.524. The van der Waals surface area contributed by atoms with Gasteiger partial charge >= 0.3 is 0 Å². The summed E-state index contributed by atoms with van der Waals surface area (Å²) in [5.74, 6) is 3.49. The Hall–Kier alpha value is -2.10. The van der Waals surface area contributed by atoms with E-state index in [1.807, 2.05) is 37.3 Å². The van der Waals surface area contributed by atoms with Crippen molar-refractivity contribution < 1.29 is 9.21 Å². The van der Waals surface area contributed by atoms with Crippen LogP contribution in [0, 0.1) is 24.7 Å². The molecule has 130 valence electrons. The monoisotopic (exact) mass is 336 g/mol. The number of aryl methyl sites for hydroxylation is 1. The lowest BCUT2D eigenvalue weighted by atomic mass is 9.53. The van der Waals surface area contributed by atoms with Crippen LogP contribution in [0.2, 0.25) is 0 Å². The Labute approximate surface area is 148 Å². The molecule has 4 aliphatic carbocycles. The minimum atomic E-state index is -0.0645. The van der Waals surface area contributed by atoms with Crippen molar-refractivity contribution in [3.63, 3.8) is 0 Å². The van der Waals surface area contributed by atoms with Crippen molar-refractivity contribution in [3.05, 3.63) is 41.8 Å². The predicted octanol–water partition coefficient (Wildman–Crippen LogP) is 4.35. The van der Waals surface area contributed by atoms with Crippen LogP contribution in [0.5, 0.6) is 0 Å². The Bertz CT molecular complexity index is 773. The Morgan fingerprint density at radius 2 is 1.68 bits per heavy atom. The first-order valence-electron chi connectivity index (χ1n) is 9.46. The highest BCUT2D eigenvalue weighted by Crippen LogP contribution is 2.55. The van der Waals surface area contributed by atoms with Gasteiger partial charge in [-0.3, -0.25) is 4.79 Å². The zero-order valence-corrected chi connectivity index (χ0v) is 14.6. The van der Waals surface area contributed by atoms with E-state index in [1.54, 1.807) is 0 Å². The van der Waals surface area contributed by atoms with Crippen LogP contribution in [0.1, 0.15) is 54.8 Å². The van der Waals surface area contributed by atoms with Gasteiger partial charge < -0.3 is 9.73 Å². The summed E-state index contributed by atoms with van der Waals surface area (Å²) < 4.78 is 5.77. The molecule has 4 aliphatic rings. The molecule has 4 nitrogen and oxygen atoms in total. The Balaban J connectivity index is 1.39. The molecule has 4 heteroatoms. The van der Waals surface area contributed by atoms with Crippen LogP contribution in [0.25, 0.3) is 11.5 Å². The van der Waals surface area contributed by atoms with Crippen LogP contribution in [0.3, 0.4) is 0 Å². The highest BCUT2D eigenvalue weighted by Gasteiger charge is 2.51. The largest absolute Gasteiger partial charge is 0.441 e. The maximum Gasteiger partial charge on any atom is 0.273 e. The summed E-state index contributed by atoms with van der Waals surface area (Å²) in [6.07, 6.45) is 7.55. The Kier molecular flexibility index (Phi) is 3.31. The number of amides is 1. The molecule has 25 heavy (non-hydrogen) atoms. The van der Waals surface area contributed by atoms with Crippen LogP contribution in [0.4, 0.5) is 0 Å². The van der Waals surface area contributed by atoms with Gasteiger partial charge in [0.15, 0.2) is 5.69 Å². The average Bonchev–Trinajstić information content (AvgIpc) is 2.96. The molecule has 1 aromatic heterocycles. The summed E-state index contributed by atoms with van der Waals surface area (Å²) in [7, 11) is 0. The van der Waals surface area contributed by atoms with Gasteiger partial charge in [0.2, 0.25) is 5.89 Å². The summed E-state index contributed by atoms with van der Waals surface area (Å²) in [6, 6.07) is 9.76. The average molecular weight is 336 g/mol. The van der Waals surface area contributed by atoms with Crippen molar-refractivity contribution >= 4 is 5.91 Å². The number of nitrogens with one attached hydrogen (secondary N) is 1. The van der Waals surface area contributed by atoms with E-state index >= 15 is 0 Å². The van der Waals surface area contributed by atoms with Crippen LogP contribution in [0.15, 0.2) is 34.7 Å². The predicted molar refractivity (Wildman–Crippen MR) is 95.0 cm³/mol. The Morgan fingerprint density at radius 1 is 1.08 bits per heavy atom. The van der Waals surface area contributed by atoms with E-state index < -0.39 is 0 Å². The smallest absolute Gasteiger partial charge is 0.273 e. The molecule has 1 amide bonds. The second kappa shape index (κ2) is 5.45. The molecule has 4 fully saturated rings. The quantitative estimate of drug-likeness (QED) is 0.906. The molecule has 0 unspecified atom stereocenters. The molecular formula is C21H24N2O2. The minimum Gasteiger partial charge on any atom is -0.441 e. The topological polar surface area (TPSA) is 55.1 Å². The zero-order chi connectivity index (χ0) is 17.0. The molecule has 4 saturated carbocycles. The van der Waals surface area contributed by atoms with Gasteiger partial charge in [-0.2, -0.15) is 0 Å². The summed E-state index contributed by atoms with van der Waals surface area (Å²) in [5, 5.41) is 3.39.